The normalized spacial score (nSPS) is 16.0. The third-order valence-corrected chi connectivity index (χ3v) is 4.64. The predicted octanol–water partition coefficient (Wildman–Crippen LogP) is 2.81. The Bertz CT molecular complexity index is 569. The number of likely N-dealkylation sites (tertiary alicyclic amines) is 1. The van der Waals surface area contributed by atoms with Crippen LogP contribution in [0.3, 0.4) is 0 Å². The Morgan fingerprint density at radius 3 is 2.50 bits per heavy atom. The van der Waals surface area contributed by atoms with Gasteiger partial charge in [0.2, 0.25) is 5.91 Å². The molecule has 1 heterocycles. The molecule has 6 heteroatoms. The zero-order valence-corrected chi connectivity index (χ0v) is 14.9. The van der Waals surface area contributed by atoms with Gasteiger partial charge in [-0.25, -0.2) is 4.39 Å². The summed E-state index contributed by atoms with van der Waals surface area (Å²) in [6.45, 7) is 4.99. The molecule has 0 aliphatic carbocycles. The molecule has 1 aromatic carbocycles. The number of carbonyl (C=O) groups excluding carboxylic acids is 2. The average Bonchev–Trinajstić information content (AvgIpc) is 2.46. The van der Waals surface area contributed by atoms with Crippen molar-refractivity contribution in [1.29, 1.82) is 0 Å². The van der Waals surface area contributed by atoms with Gasteiger partial charge in [0.15, 0.2) is 0 Å². The number of hydrogen-bond acceptors (Lipinski definition) is 2. The van der Waals surface area contributed by atoms with Crippen LogP contribution in [-0.2, 0) is 4.79 Å². The molecular weight excluding hydrogens is 398 g/mol. The van der Waals surface area contributed by atoms with Crippen molar-refractivity contribution in [2.45, 2.75) is 32.7 Å². The minimum absolute atomic E-state index is 0.0289. The van der Waals surface area contributed by atoms with Crippen LogP contribution in [0.1, 0.15) is 37.0 Å². The third-order valence-electron chi connectivity index (χ3n) is 3.75. The number of nitrogens with zero attached hydrogens (tertiary/aromatic N) is 1. The minimum atomic E-state index is -0.343. The van der Waals surface area contributed by atoms with Crippen molar-refractivity contribution in [3.63, 3.8) is 0 Å². The lowest BCUT2D eigenvalue weighted by Gasteiger charge is -2.32. The van der Waals surface area contributed by atoms with Crippen LogP contribution >= 0.6 is 22.6 Å². The van der Waals surface area contributed by atoms with Gasteiger partial charge in [-0.2, -0.15) is 0 Å². The van der Waals surface area contributed by atoms with Crippen LogP contribution in [0.15, 0.2) is 18.2 Å². The van der Waals surface area contributed by atoms with Gasteiger partial charge < -0.3 is 10.2 Å². The topological polar surface area (TPSA) is 49.4 Å². The van der Waals surface area contributed by atoms with Gasteiger partial charge in [-0.05, 0) is 67.5 Å². The van der Waals surface area contributed by atoms with Gasteiger partial charge in [0.1, 0.15) is 5.82 Å². The first-order valence-corrected chi connectivity index (χ1v) is 8.51. The molecule has 0 radical (unpaired) electrons. The molecule has 0 saturated carbocycles. The molecule has 2 rings (SSSR count). The number of piperidine rings is 1. The Balaban J connectivity index is 1.96. The first-order valence-electron chi connectivity index (χ1n) is 7.43. The van der Waals surface area contributed by atoms with Crippen LogP contribution in [0.5, 0.6) is 0 Å². The van der Waals surface area contributed by atoms with Gasteiger partial charge >= 0.3 is 0 Å². The largest absolute Gasteiger partial charge is 0.354 e. The number of halogens is 2. The van der Waals surface area contributed by atoms with Gasteiger partial charge in [0.25, 0.3) is 5.91 Å². The molecule has 120 valence electrons. The highest BCUT2D eigenvalue weighted by molar-refractivity contribution is 14.1. The van der Waals surface area contributed by atoms with Crippen LogP contribution in [-0.4, -0.2) is 35.8 Å². The Morgan fingerprint density at radius 2 is 1.95 bits per heavy atom. The van der Waals surface area contributed by atoms with Crippen molar-refractivity contribution in [2.75, 3.05) is 13.1 Å². The van der Waals surface area contributed by atoms with E-state index in [1.807, 2.05) is 36.4 Å². The molecule has 2 amide bonds. The second kappa shape index (κ2) is 7.39. The van der Waals surface area contributed by atoms with E-state index in [4.69, 9.17) is 0 Å². The molecule has 0 atom stereocenters. The summed E-state index contributed by atoms with van der Waals surface area (Å²) < 4.78 is 13.7. The molecule has 1 aliphatic rings. The summed E-state index contributed by atoms with van der Waals surface area (Å²) in [6, 6.07) is 4.32. The highest BCUT2D eigenvalue weighted by atomic mass is 127. The molecule has 1 fully saturated rings. The first-order chi connectivity index (χ1) is 10.4. The fourth-order valence-electron chi connectivity index (χ4n) is 2.58. The smallest absolute Gasteiger partial charge is 0.254 e. The lowest BCUT2D eigenvalue weighted by atomic mass is 9.95. The van der Waals surface area contributed by atoms with Crippen LogP contribution in [0.4, 0.5) is 4.39 Å². The summed E-state index contributed by atoms with van der Waals surface area (Å²) in [5.74, 6) is -0.394. The van der Waals surface area contributed by atoms with Crippen molar-refractivity contribution in [2.24, 2.45) is 5.92 Å². The Hall–Kier alpha value is -1.18. The number of amides is 2. The maximum absolute atomic E-state index is 13.1. The monoisotopic (exact) mass is 418 g/mol. The van der Waals surface area contributed by atoms with Crippen molar-refractivity contribution < 1.29 is 14.0 Å². The second-order valence-corrected chi connectivity index (χ2v) is 7.02. The molecular formula is C16H20FIN2O2. The van der Waals surface area contributed by atoms with Crippen molar-refractivity contribution in [3.8, 4) is 0 Å². The fraction of sp³-hybridized carbons (Fsp3) is 0.500. The van der Waals surface area contributed by atoms with E-state index >= 15 is 0 Å². The third kappa shape index (κ3) is 4.18. The Labute approximate surface area is 143 Å². The van der Waals surface area contributed by atoms with Crippen LogP contribution < -0.4 is 5.32 Å². The molecule has 0 bridgehead atoms. The van der Waals surface area contributed by atoms with E-state index in [2.05, 4.69) is 5.32 Å². The summed E-state index contributed by atoms with van der Waals surface area (Å²) in [7, 11) is 0. The standard InChI is InChI=1S/C16H20FIN2O2/c1-10(2)19-15(21)11-5-7-20(8-6-11)16(22)13-4-3-12(17)9-14(13)18/h3-4,9-11H,5-8H2,1-2H3,(H,19,21). The highest BCUT2D eigenvalue weighted by Gasteiger charge is 2.28. The van der Waals surface area contributed by atoms with Crippen molar-refractivity contribution in [3.05, 3.63) is 33.1 Å². The zero-order chi connectivity index (χ0) is 16.3. The summed E-state index contributed by atoms with van der Waals surface area (Å²) in [5.41, 5.74) is 0.520. The summed E-state index contributed by atoms with van der Waals surface area (Å²) in [6.07, 6.45) is 1.34. The summed E-state index contributed by atoms with van der Waals surface area (Å²) >= 11 is 1.97. The summed E-state index contributed by atoms with van der Waals surface area (Å²) in [5, 5.41) is 2.92. The van der Waals surface area contributed by atoms with Crippen LogP contribution in [0, 0.1) is 15.3 Å². The number of rotatable bonds is 3. The lowest BCUT2D eigenvalue weighted by Crippen LogP contribution is -2.44. The average molecular weight is 418 g/mol. The van der Waals surface area contributed by atoms with Crippen molar-refractivity contribution >= 4 is 34.4 Å². The van der Waals surface area contributed by atoms with Gasteiger partial charge in [0.05, 0.1) is 5.56 Å². The summed E-state index contributed by atoms with van der Waals surface area (Å²) in [4.78, 5) is 26.2. The SMILES string of the molecule is CC(C)NC(=O)C1CCN(C(=O)c2ccc(F)cc2I)CC1. The molecule has 0 spiro atoms. The number of benzene rings is 1. The van der Waals surface area contributed by atoms with E-state index in [9.17, 15) is 14.0 Å². The molecule has 22 heavy (non-hydrogen) atoms. The van der Waals surface area contributed by atoms with Gasteiger partial charge in [-0.3, -0.25) is 9.59 Å². The van der Waals surface area contributed by atoms with Gasteiger partial charge in [0, 0.05) is 28.6 Å². The van der Waals surface area contributed by atoms with E-state index in [1.54, 1.807) is 4.90 Å². The van der Waals surface area contributed by atoms with Gasteiger partial charge in [-0.15, -0.1) is 0 Å². The molecule has 0 aromatic heterocycles. The van der Waals surface area contributed by atoms with Crippen molar-refractivity contribution in [1.82, 2.24) is 10.2 Å². The number of carbonyl (C=O) groups is 2. The highest BCUT2D eigenvalue weighted by Crippen LogP contribution is 2.22. The van der Waals surface area contributed by atoms with Crippen LogP contribution in [0.25, 0.3) is 0 Å². The van der Waals surface area contributed by atoms with E-state index in [1.165, 1.54) is 18.2 Å². The predicted molar refractivity (Wildman–Crippen MR) is 91.0 cm³/mol. The maximum Gasteiger partial charge on any atom is 0.254 e. The number of hydrogen-bond donors (Lipinski definition) is 1. The van der Waals surface area contributed by atoms with E-state index in [-0.39, 0.29) is 29.6 Å². The molecule has 4 nitrogen and oxygen atoms in total. The van der Waals surface area contributed by atoms with E-state index in [0.717, 1.165) is 0 Å². The van der Waals surface area contributed by atoms with E-state index < -0.39 is 0 Å². The Morgan fingerprint density at radius 1 is 1.32 bits per heavy atom. The molecule has 1 aliphatic heterocycles. The Kier molecular flexibility index (Phi) is 5.77. The van der Waals surface area contributed by atoms with Crippen LogP contribution in [0.2, 0.25) is 0 Å². The van der Waals surface area contributed by atoms with Gasteiger partial charge in [-0.1, -0.05) is 0 Å². The first kappa shape index (κ1) is 17.2. The quantitative estimate of drug-likeness (QED) is 0.768. The maximum atomic E-state index is 13.1. The van der Waals surface area contributed by atoms with E-state index in [0.29, 0.717) is 35.1 Å². The number of nitrogens with one attached hydrogen (secondary N) is 1. The molecule has 1 N–H and O–H groups in total. The zero-order valence-electron chi connectivity index (χ0n) is 12.7. The fourth-order valence-corrected chi connectivity index (χ4v) is 3.29. The lowest BCUT2D eigenvalue weighted by molar-refractivity contribution is -0.126. The molecule has 0 unspecified atom stereocenters. The molecule has 1 aromatic rings. The molecule has 1 saturated heterocycles. The second-order valence-electron chi connectivity index (χ2n) is 5.85. The minimum Gasteiger partial charge on any atom is -0.354 e.